The minimum Gasteiger partial charge on any atom is -0.463 e. The second-order valence-corrected chi connectivity index (χ2v) is 12.2. The van der Waals surface area contributed by atoms with Crippen LogP contribution in [0.1, 0.15) is 74.1 Å². The van der Waals surface area contributed by atoms with Gasteiger partial charge >= 0.3 is 29.8 Å². The molecule has 0 spiro atoms. The summed E-state index contributed by atoms with van der Waals surface area (Å²) in [5.74, 6) is -3.73. The molecule has 1 saturated heterocycles. The number of hydrogen-bond donors (Lipinski definition) is 0. The summed E-state index contributed by atoms with van der Waals surface area (Å²) in [7, 11) is 0. The number of hydrogen-bond acceptors (Lipinski definition) is 13. The quantitative estimate of drug-likeness (QED) is 0.151. The molecule has 2 aliphatic carbocycles. The minimum absolute atomic E-state index is 0.0348. The van der Waals surface area contributed by atoms with E-state index in [2.05, 4.69) is 6.58 Å². The summed E-state index contributed by atoms with van der Waals surface area (Å²) in [4.78, 5) is 72.7. The first-order chi connectivity index (χ1) is 20.5. The zero-order valence-electron chi connectivity index (χ0n) is 26.5. The first-order valence-corrected chi connectivity index (χ1v) is 14.8. The highest BCUT2D eigenvalue weighted by molar-refractivity contribution is 5.83. The SMILES string of the molecule is C=C(COC(C)=O)[C@@H]1CC(=O)[C@H]2CC[C@@H](O[C@@H]3O[C@H](COC(C)=O)[C@@H](OC(C)=O)[C@H](OC(C)=O)[C@H]3OC(C)=O)[C@H](C)[C@@]2(C)C1. The van der Waals surface area contributed by atoms with Crippen molar-refractivity contribution in [2.24, 2.45) is 23.2 Å². The van der Waals surface area contributed by atoms with Gasteiger partial charge in [0.15, 0.2) is 24.6 Å². The molecule has 0 amide bonds. The van der Waals surface area contributed by atoms with Crippen molar-refractivity contribution < 1.29 is 61.9 Å². The van der Waals surface area contributed by atoms with Gasteiger partial charge in [-0.1, -0.05) is 20.4 Å². The highest BCUT2D eigenvalue weighted by Gasteiger charge is 2.57. The molecule has 13 nitrogen and oxygen atoms in total. The van der Waals surface area contributed by atoms with Crippen LogP contribution in [-0.2, 0) is 61.9 Å². The molecule has 10 atom stereocenters. The number of esters is 5. The minimum atomic E-state index is -1.34. The second kappa shape index (κ2) is 14.6. The second-order valence-electron chi connectivity index (χ2n) is 12.2. The van der Waals surface area contributed by atoms with E-state index < -0.39 is 72.1 Å². The predicted molar refractivity (Wildman–Crippen MR) is 150 cm³/mol. The van der Waals surface area contributed by atoms with Crippen LogP contribution in [0, 0.1) is 23.2 Å². The van der Waals surface area contributed by atoms with Crippen molar-refractivity contribution in [3.63, 3.8) is 0 Å². The van der Waals surface area contributed by atoms with Crippen molar-refractivity contribution in [2.75, 3.05) is 13.2 Å². The van der Waals surface area contributed by atoms with Gasteiger partial charge < -0.3 is 33.2 Å². The third-order valence-corrected chi connectivity index (χ3v) is 8.95. The number of Topliss-reactive ketones (excluding diaryl/α,β-unsaturated/α-hetero) is 1. The molecule has 2 saturated carbocycles. The number of carbonyl (C=O) groups is 6. The highest BCUT2D eigenvalue weighted by atomic mass is 16.7. The number of fused-ring (bicyclic) bond motifs is 1. The van der Waals surface area contributed by atoms with E-state index in [4.69, 9.17) is 33.2 Å². The van der Waals surface area contributed by atoms with Gasteiger partial charge in [0, 0.05) is 47.0 Å². The van der Waals surface area contributed by atoms with Gasteiger partial charge in [0.05, 0.1) is 6.10 Å². The van der Waals surface area contributed by atoms with E-state index in [-0.39, 0.29) is 36.8 Å². The fourth-order valence-corrected chi connectivity index (χ4v) is 6.76. The maximum Gasteiger partial charge on any atom is 0.303 e. The lowest BCUT2D eigenvalue weighted by molar-refractivity contribution is -0.325. The molecule has 3 rings (SSSR count). The van der Waals surface area contributed by atoms with E-state index in [0.717, 1.165) is 13.8 Å². The maximum absolute atomic E-state index is 13.3. The Morgan fingerprint density at radius 3 is 1.98 bits per heavy atom. The summed E-state index contributed by atoms with van der Waals surface area (Å²) >= 11 is 0. The van der Waals surface area contributed by atoms with Crippen LogP contribution in [-0.4, -0.2) is 85.7 Å². The molecule has 0 aromatic rings. The number of rotatable bonds is 10. The Hall–Kier alpha value is -3.32. The topological polar surface area (TPSA) is 167 Å². The van der Waals surface area contributed by atoms with Gasteiger partial charge in [-0.25, -0.2) is 0 Å². The molecule has 44 heavy (non-hydrogen) atoms. The Balaban J connectivity index is 1.92. The van der Waals surface area contributed by atoms with Crippen LogP contribution in [0.25, 0.3) is 0 Å². The summed E-state index contributed by atoms with van der Waals surface area (Å²) in [6, 6.07) is 0. The van der Waals surface area contributed by atoms with Crippen LogP contribution in [0.3, 0.4) is 0 Å². The van der Waals surface area contributed by atoms with Gasteiger partial charge in [0.25, 0.3) is 0 Å². The lowest BCUT2D eigenvalue weighted by atomic mass is 9.52. The summed E-state index contributed by atoms with van der Waals surface area (Å²) in [5.41, 5.74) is 0.156. The lowest BCUT2D eigenvalue weighted by Gasteiger charge is -2.54. The van der Waals surface area contributed by atoms with Gasteiger partial charge in [-0.15, -0.1) is 0 Å². The van der Waals surface area contributed by atoms with E-state index in [1.165, 1.54) is 20.8 Å². The van der Waals surface area contributed by atoms with Crippen molar-refractivity contribution in [3.8, 4) is 0 Å². The molecular weight excluding hydrogens is 580 g/mol. The number of ketones is 1. The molecular formula is C31H44O13. The van der Waals surface area contributed by atoms with Crippen molar-refractivity contribution in [1.29, 1.82) is 0 Å². The smallest absolute Gasteiger partial charge is 0.303 e. The van der Waals surface area contributed by atoms with Crippen LogP contribution in [0.4, 0.5) is 0 Å². The van der Waals surface area contributed by atoms with Crippen LogP contribution >= 0.6 is 0 Å². The molecule has 1 aliphatic heterocycles. The first-order valence-electron chi connectivity index (χ1n) is 14.8. The van der Waals surface area contributed by atoms with Crippen molar-refractivity contribution >= 4 is 35.6 Å². The van der Waals surface area contributed by atoms with E-state index in [1.807, 2.05) is 13.8 Å². The lowest BCUT2D eigenvalue weighted by Crippen LogP contribution is -2.64. The third-order valence-electron chi connectivity index (χ3n) is 8.95. The monoisotopic (exact) mass is 624 g/mol. The molecule has 1 heterocycles. The molecule has 0 aromatic carbocycles. The van der Waals surface area contributed by atoms with Gasteiger partial charge in [-0.3, -0.25) is 28.8 Å². The summed E-state index contributed by atoms with van der Waals surface area (Å²) in [5, 5.41) is 0. The number of carbonyl (C=O) groups excluding carboxylic acids is 6. The third kappa shape index (κ3) is 8.44. The molecule has 3 fully saturated rings. The average molecular weight is 625 g/mol. The molecule has 246 valence electrons. The van der Waals surface area contributed by atoms with Crippen LogP contribution in [0.5, 0.6) is 0 Å². The molecule has 0 N–H and O–H groups in total. The zero-order valence-corrected chi connectivity index (χ0v) is 26.5. The first kappa shape index (κ1) is 35.2. The highest BCUT2D eigenvalue weighted by Crippen LogP contribution is 2.55. The summed E-state index contributed by atoms with van der Waals surface area (Å²) in [6.07, 6.45) is -4.94. The zero-order chi connectivity index (χ0) is 32.9. The Labute approximate surface area is 257 Å². The fourth-order valence-electron chi connectivity index (χ4n) is 6.76. The molecule has 0 unspecified atom stereocenters. The van der Waals surface area contributed by atoms with Gasteiger partial charge in [-0.2, -0.15) is 0 Å². The molecule has 0 bridgehead atoms. The van der Waals surface area contributed by atoms with Crippen LogP contribution in [0.15, 0.2) is 12.2 Å². The van der Waals surface area contributed by atoms with Gasteiger partial charge in [-0.05, 0) is 42.1 Å². The number of ether oxygens (including phenoxy) is 7. The van der Waals surface area contributed by atoms with Gasteiger partial charge in [0.1, 0.15) is 25.1 Å². The van der Waals surface area contributed by atoms with E-state index >= 15 is 0 Å². The molecule has 0 radical (unpaired) electrons. The van der Waals surface area contributed by atoms with Crippen LogP contribution < -0.4 is 0 Å². The Morgan fingerprint density at radius 1 is 0.841 bits per heavy atom. The standard InChI is InChI=1S/C31H44O13/c1-15(13-38-17(3)32)22-11-24(37)23-9-10-25(16(2)31(23,8)12-22)43-30-29(42-21(7)36)28(41-20(6)35)27(40-19(5)34)26(44-30)14-39-18(4)33/h16,22-23,25-30H,1,9-14H2,2-8H3/t16-,22+,23+,25+,26+,27+,28-,29+,30+,31+/m0/s1. The molecule has 3 aliphatic rings. The largest absolute Gasteiger partial charge is 0.463 e. The van der Waals surface area contributed by atoms with Crippen LogP contribution in [0.2, 0.25) is 0 Å². The van der Waals surface area contributed by atoms with E-state index in [9.17, 15) is 28.8 Å². The van der Waals surface area contributed by atoms with Gasteiger partial charge in [0.2, 0.25) is 0 Å². The molecule has 13 heteroatoms. The fraction of sp³-hybridized carbons (Fsp3) is 0.742. The Morgan fingerprint density at radius 2 is 1.41 bits per heavy atom. The van der Waals surface area contributed by atoms with E-state index in [1.54, 1.807) is 0 Å². The Bertz CT molecular complexity index is 1150. The Kier molecular flexibility index (Phi) is 11.7. The van der Waals surface area contributed by atoms with Crippen molar-refractivity contribution in [3.05, 3.63) is 12.2 Å². The van der Waals surface area contributed by atoms with E-state index in [0.29, 0.717) is 31.3 Å². The average Bonchev–Trinajstić information content (AvgIpc) is 2.90. The van der Waals surface area contributed by atoms with Crippen molar-refractivity contribution in [2.45, 2.75) is 111 Å². The normalized spacial score (nSPS) is 35.0. The maximum atomic E-state index is 13.3. The summed E-state index contributed by atoms with van der Waals surface area (Å²) < 4.78 is 39.5. The predicted octanol–water partition coefficient (Wildman–Crippen LogP) is 2.61. The summed E-state index contributed by atoms with van der Waals surface area (Å²) in [6.45, 7) is 13.8. The van der Waals surface area contributed by atoms with Crippen molar-refractivity contribution in [1.82, 2.24) is 0 Å². The molecule has 0 aromatic heterocycles.